The lowest BCUT2D eigenvalue weighted by atomic mass is 10.0. The van der Waals surface area contributed by atoms with Crippen LogP contribution in [0.5, 0.6) is 5.75 Å². The lowest BCUT2D eigenvalue weighted by Crippen LogP contribution is -2.49. The van der Waals surface area contributed by atoms with Crippen molar-refractivity contribution in [2.75, 3.05) is 0 Å². The molecule has 0 radical (unpaired) electrons. The number of carbonyl (C=O) groups excluding carboxylic acids is 3. The Morgan fingerprint density at radius 2 is 1.74 bits per heavy atom. The molecule has 0 aliphatic carbocycles. The van der Waals surface area contributed by atoms with Gasteiger partial charge in [-0.25, -0.2) is 0 Å². The predicted octanol–water partition coefficient (Wildman–Crippen LogP) is 1.84. The molecular formula is C15H18Br2N2O4. The third-order valence-electron chi connectivity index (χ3n) is 3.17. The summed E-state index contributed by atoms with van der Waals surface area (Å²) in [5, 5.41) is 12.2. The molecule has 2 unspecified atom stereocenters. The van der Waals surface area contributed by atoms with Gasteiger partial charge < -0.3 is 16.2 Å². The van der Waals surface area contributed by atoms with E-state index >= 15 is 0 Å². The van der Waals surface area contributed by atoms with E-state index in [4.69, 9.17) is 5.73 Å². The first-order valence-electron chi connectivity index (χ1n) is 6.84. The van der Waals surface area contributed by atoms with Crippen molar-refractivity contribution in [3.63, 3.8) is 0 Å². The van der Waals surface area contributed by atoms with E-state index in [0.29, 0.717) is 8.95 Å². The summed E-state index contributed by atoms with van der Waals surface area (Å²) in [4.78, 5) is 34.7. The van der Waals surface area contributed by atoms with E-state index < -0.39 is 18.0 Å². The first kappa shape index (κ1) is 19.8. The van der Waals surface area contributed by atoms with Crippen molar-refractivity contribution in [3.8, 4) is 5.75 Å². The highest BCUT2D eigenvalue weighted by atomic mass is 79.9. The summed E-state index contributed by atoms with van der Waals surface area (Å²) in [5.74, 6) is -0.932. The fourth-order valence-corrected chi connectivity index (χ4v) is 3.23. The van der Waals surface area contributed by atoms with Crippen LogP contribution in [0.3, 0.4) is 0 Å². The number of aromatic hydroxyl groups is 1. The van der Waals surface area contributed by atoms with Gasteiger partial charge in [0.25, 0.3) is 0 Å². The highest BCUT2D eigenvalue weighted by Gasteiger charge is 2.23. The van der Waals surface area contributed by atoms with Crippen molar-refractivity contribution < 1.29 is 19.5 Å². The molecule has 8 heteroatoms. The molecular weight excluding hydrogens is 432 g/mol. The zero-order valence-corrected chi connectivity index (χ0v) is 15.9. The maximum absolute atomic E-state index is 12.1. The number of phenols is 1. The molecule has 0 heterocycles. The van der Waals surface area contributed by atoms with Gasteiger partial charge in [-0.1, -0.05) is 0 Å². The first-order chi connectivity index (χ1) is 10.6. The Morgan fingerprint density at radius 3 is 2.17 bits per heavy atom. The SMILES string of the molecule is CC(=O)CC(NC(=O)C(N)Cc1cc(Br)c(O)c(Br)c1)C(C)=O. The molecule has 1 rings (SSSR count). The quantitative estimate of drug-likeness (QED) is 0.588. The Hall–Kier alpha value is -1.25. The molecule has 4 N–H and O–H groups in total. The second kappa shape index (κ2) is 8.56. The van der Waals surface area contributed by atoms with Gasteiger partial charge in [0.15, 0.2) is 5.78 Å². The number of nitrogens with one attached hydrogen (secondary N) is 1. The molecule has 0 bridgehead atoms. The molecule has 0 saturated carbocycles. The number of hydrogen-bond donors (Lipinski definition) is 3. The summed E-state index contributed by atoms with van der Waals surface area (Å²) < 4.78 is 0.959. The average Bonchev–Trinajstić information content (AvgIpc) is 2.43. The van der Waals surface area contributed by atoms with Gasteiger partial charge in [0.1, 0.15) is 11.5 Å². The van der Waals surface area contributed by atoms with Gasteiger partial charge in [-0.15, -0.1) is 0 Å². The lowest BCUT2D eigenvalue weighted by Gasteiger charge is -2.18. The largest absolute Gasteiger partial charge is 0.506 e. The molecule has 0 spiro atoms. The second-order valence-corrected chi connectivity index (χ2v) is 7.01. The van der Waals surface area contributed by atoms with Gasteiger partial charge in [0.05, 0.1) is 21.0 Å². The Bertz CT molecular complexity index is 611. The van der Waals surface area contributed by atoms with Crippen LogP contribution in [0.25, 0.3) is 0 Å². The highest BCUT2D eigenvalue weighted by Crippen LogP contribution is 2.33. The molecule has 0 aromatic heterocycles. The number of phenolic OH excluding ortho intramolecular Hbond substituents is 1. The Balaban J connectivity index is 2.77. The van der Waals surface area contributed by atoms with Crippen molar-refractivity contribution in [1.29, 1.82) is 0 Å². The van der Waals surface area contributed by atoms with Crippen LogP contribution in [0, 0.1) is 0 Å². The van der Waals surface area contributed by atoms with Crippen LogP contribution in [-0.4, -0.2) is 34.7 Å². The third-order valence-corrected chi connectivity index (χ3v) is 4.38. The molecule has 126 valence electrons. The molecule has 1 aromatic carbocycles. The second-order valence-electron chi connectivity index (χ2n) is 5.30. The van der Waals surface area contributed by atoms with Crippen molar-refractivity contribution in [3.05, 3.63) is 26.6 Å². The molecule has 1 aromatic rings. The number of halogens is 2. The number of amides is 1. The fourth-order valence-electron chi connectivity index (χ4n) is 1.95. The number of benzene rings is 1. The minimum atomic E-state index is -0.882. The maximum atomic E-state index is 12.1. The first-order valence-corrected chi connectivity index (χ1v) is 8.43. The maximum Gasteiger partial charge on any atom is 0.237 e. The van der Waals surface area contributed by atoms with E-state index in [1.54, 1.807) is 12.1 Å². The van der Waals surface area contributed by atoms with E-state index in [9.17, 15) is 19.5 Å². The molecule has 23 heavy (non-hydrogen) atoms. The minimum absolute atomic E-state index is 0.0515. The Morgan fingerprint density at radius 1 is 1.22 bits per heavy atom. The van der Waals surface area contributed by atoms with Crippen LogP contribution < -0.4 is 11.1 Å². The third kappa shape index (κ3) is 6.04. The minimum Gasteiger partial charge on any atom is -0.506 e. The lowest BCUT2D eigenvalue weighted by molar-refractivity contribution is -0.129. The van der Waals surface area contributed by atoms with E-state index in [1.165, 1.54) is 13.8 Å². The smallest absolute Gasteiger partial charge is 0.237 e. The topological polar surface area (TPSA) is 109 Å². The summed E-state index contributed by atoms with van der Waals surface area (Å²) in [6.07, 6.45) is 0.165. The standard InChI is InChI=1S/C15H18Br2N2O4/c1-7(20)3-13(8(2)21)19-15(23)12(18)6-9-4-10(16)14(22)11(17)5-9/h4-5,12-13,22H,3,6,18H2,1-2H3,(H,19,23). The number of hydrogen-bond acceptors (Lipinski definition) is 5. The monoisotopic (exact) mass is 448 g/mol. The van der Waals surface area contributed by atoms with E-state index in [-0.39, 0.29) is 30.2 Å². The zero-order chi connectivity index (χ0) is 17.7. The van der Waals surface area contributed by atoms with Crippen molar-refractivity contribution in [1.82, 2.24) is 5.32 Å². The summed E-state index contributed by atoms with van der Waals surface area (Å²) >= 11 is 6.41. The van der Waals surface area contributed by atoms with Crippen molar-refractivity contribution >= 4 is 49.3 Å². The van der Waals surface area contributed by atoms with Crippen LogP contribution in [0.4, 0.5) is 0 Å². The van der Waals surface area contributed by atoms with Gasteiger partial charge in [0, 0.05) is 6.42 Å². The number of carbonyl (C=O) groups is 3. The average molecular weight is 450 g/mol. The van der Waals surface area contributed by atoms with Crippen LogP contribution in [0.1, 0.15) is 25.8 Å². The summed E-state index contributed by atoms with van der Waals surface area (Å²) in [5.41, 5.74) is 6.60. The molecule has 0 aliphatic heterocycles. The molecule has 0 saturated heterocycles. The highest BCUT2D eigenvalue weighted by molar-refractivity contribution is 9.11. The van der Waals surface area contributed by atoms with E-state index in [2.05, 4.69) is 37.2 Å². The zero-order valence-electron chi connectivity index (χ0n) is 12.7. The molecule has 2 atom stereocenters. The molecule has 0 aliphatic rings. The Labute approximate surface area is 151 Å². The van der Waals surface area contributed by atoms with Gasteiger partial charge in [-0.2, -0.15) is 0 Å². The Kier molecular flexibility index (Phi) is 7.37. The number of nitrogens with two attached hydrogens (primary N) is 1. The van der Waals surface area contributed by atoms with Gasteiger partial charge in [-0.05, 0) is 69.8 Å². The van der Waals surface area contributed by atoms with E-state index in [1.807, 2.05) is 0 Å². The van der Waals surface area contributed by atoms with Crippen LogP contribution in [0.2, 0.25) is 0 Å². The van der Waals surface area contributed by atoms with Gasteiger partial charge in [-0.3, -0.25) is 14.4 Å². The van der Waals surface area contributed by atoms with Crippen LogP contribution in [0.15, 0.2) is 21.1 Å². The van der Waals surface area contributed by atoms with Crippen LogP contribution >= 0.6 is 31.9 Å². The van der Waals surface area contributed by atoms with E-state index in [0.717, 1.165) is 5.56 Å². The number of ketones is 2. The molecule has 6 nitrogen and oxygen atoms in total. The van der Waals surface area contributed by atoms with Crippen molar-refractivity contribution in [2.24, 2.45) is 5.73 Å². The molecule has 1 amide bonds. The molecule has 0 fully saturated rings. The summed E-state index contributed by atoms with van der Waals surface area (Å²) in [6, 6.07) is 1.58. The predicted molar refractivity (Wildman–Crippen MR) is 93.1 cm³/mol. The van der Waals surface area contributed by atoms with Crippen LogP contribution in [-0.2, 0) is 20.8 Å². The van der Waals surface area contributed by atoms with Gasteiger partial charge >= 0.3 is 0 Å². The summed E-state index contributed by atoms with van der Waals surface area (Å²) in [6.45, 7) is 2.67. The number of rotatable bonds is 7. The normalized spacial score (nSPS) is 13.3. The summed E-state index contributed by atoms with van der Waals surface area (Å²) in [7, 11) is 0. The fraction of sp³-hybridized carbons (Fsp3) is 0.400. The number of Topliss-reactive ketones (excluding diaryl/α,β-unsaturated/α-hetero) is 2. The van der Waals surface area contributed by atoms with Crippen molar-refractivity contribution in [2.45, 2.75) is 38.8 Å². The van der Waals surface area contributed by atoms with Gasteiger partial charge in [0.2, 0.25) is 5.91 Å².